The highest BCUT2D eigenvalue weighted by Crippen LogP contribution is 2.23. The van der Waals surface area contributed by atoms with Gasteiger partial charge in [0.05, 0.1) is 11.3 Å². The van der Waals surface area contributed by atoms with E-state index >= 15 is 0 Å². The number of aromatic hydroxyl groups is 1. The number of carbonyl (C=O) groups excluding carboxylic acids is 1. The molecular weight excluding hydrogens is 324 g/mol. The van der Waals surface area contributed by atoms with E-state index in [1.54, 1.807) is 22.9 Å². The van der Waals surface area contributed by atoms with Crippen molar-refractivity contribution in [2.75, 3.05) is 5.75 Å². The fourth-order valence-electron chi connectivity index (χ4n) is 2.24. The number of tetrazole rings is 1. The van der Waals surface area contributed by atoms with E-state index in [-0.39, 0.29) is 11.5 Å². The number of phenolic OH excluding ortho intramolecular Hbond substituents is 1. The van der Waals surface area contributed by atoms with Gasteiger partial charge in [0.25, 0.3) is 0 Å². The van der Waals surface area contributed by atoms with E-state index in [2.05, 4.69) is 15.5 Å². The highest BCUT2D eigenvalue weighted by atomic mass is 32.2. The number of thioether (sulfide) groups is 1. The van der Waals surface area contributed by atoms with Crippen LogP contribution in [0.5, 0.6) is 5.75 Å². The monoisotopic (exact) mass is 340 g/mol. The smallest absolute Gasteiger partial charge is 0.214 e. The first-order valence-corrected chi connectivity index (χ1v) is 8.43. The molecule has 1 aromatic heterocycles. The number of carbonyl (C=O) groups is 1. The van der Waals surface area contributed by atoms with E-state index < -0.39 is 0 Å². The summed E-state index contributed by atoms with van der Waals surface area (Å²) in [6.45, 7) is 1.89. The van der Waals surface area contributed by atoms with Gasteiger partial charge in [-0.15, -0.1) is 5.10 Å². The molecule has 0 fully saturated rings. The Morgan fingerprint density at radius 2 is 2.00 bits per heavy atom. The third kappa shape index (κ3) is 3.62. The van der Waals surface area contributed by atoms with Crippen molar-refractivity contribution in [1.82, 2.24) is 20.2 Å². The van der Waals surface area contributed by atoms with Crippen molar-refractivity contribution in [3.63, 3.8) is 0 Å². The average molecular weight is 340 g/mol. The molecule has 0 atom stereocenters. The first kappa shape index (κ1) is 16.2. The second-order valence-electron chi connectivity index (χ2n) is 5.25. The predicted molar refractivity (Wildman–Crippen MR) is 91.7 cm³/mol. The molecule has 7 heteroatoms. The molecule has 2 aromatic carbocycles. The van der Waals surface area contributed by atoms with Crippen LogP contribution in [0.25, 0.3) is 5.69 Å². The standard InChI is InChI=1S/C17H16N4O2S/c1-12-7-8-15(22)14(11-12)16(23)9-10-24-17-18-19-20-21(17)13-5-3-2-4-6-13/h2-8,11,22H,9-10H2,1H3. The number of Topliss-reactive ketones (excluding diaryl/α,β-unsaturated/α-hetero) is 1. The minimum Gasteiger partial charge on any atom is -0.507 e. The summed E-state index contributed by atoms with van der Waals surface area (Å²) in [5.41, 5.74) is 2.17. The van der Waals surface area contributed by atoms with Crippen LogP contribution in [-0.4, -0.2) is 36.8 Å². The Morgan fingerprint density at radius 3 is 2.79 bits per heavy atom. The minimum atomic E-state index is -0.0950. The van der Waals surface area contributed by atoms with Crippen molar-refractivity contribution in [2.45, 2.75) is 18.5 Å². The fraction of sp³-hybridized carbons (Fsp3) is 0.176. The molecule has 122 valence electrons. The molecule has 0 aliphatic rings. The van der Waals surface area contributed by atoms with Gasteiger partial charge in [0.15, 0.2) is 5.78 Å². The molecule has 0 saturated carbocycles. The lowest BCUT2D eigenvalue weighted by Crippen LogP contribution is -2.03. The largest absolute Gasteiger partial charge is 0.507 e. The maximum Gasteiger partial charge on any atom is 0.214 e. The van der Waals surface area contributed by atoms with Crippen LogP contribution < -0.4 is 0 Å². The van der Waals surface area contributed by atoms with E-state index in [1.165, 1.54) is 11.8 Å². The Kier molecular flexibility index (Phi) is 4.90. The quantitative estimate of drug-likeness (QED) is 0.549. The van der Waals surface area contributed by atoms with Crippen molar-refractivity contribution in [3.05, 3.63) is 59.7 Å². The zero-order valence-corrected chi connectivity index (χ0v) is 13.9. The van der Waals surface area contributed by atoms with E-state index in [0.29, 0.717) is 22.9 Å². The number of aromatic nitrogens is 4. The highest BCUT2D eigenvalue weighted by Gasteiger charge is 2.13. The molecule has 1 N–H and O–H groups in total. The zero-order chi connectivity index (χ0) is 16.9. The van der Waals surface area contributed by atoms with Crippen LogP contribution in [0.15, 0.2) is 53.7 Å². The van der Waals surface area contributed by atoms with Gasteiger partial charge in [0.2, 0.25) is 5.16 Å². The summed E-state index contributed by atoms with van der Waals surface area (Å²) in [4.78, 5) is 12.3. The second-order valence-corrected chi connectivity index (χ2v) is 6.31. The maximum atomic E-state index is 12.3. The van der Waals surface area contributed by atoms with E-state index in [0.717, 1.165) is 11.3 Å². The molecule has 24 heavy (non-hydrogen) atoms. The maximum absolute atomic E-state index is 12.3. The first-order chi connectivity index (χ1) is 11.6. The average Bonchev–Trinajstić information content (AvgIpc) is 3.06. The molecular formula is C17H16N4O2S. The van der Waals surface area contributed by atoms with E-state index in [1.807, 2.05) is 37.3 Å². The molecule has 0 bridgehead atoms. The van der Waals surface area contributed by atoms with Crippen LogP contribution in [0, 0.1) is 6.92 Å². The molecule has 0 saturated heterocycles. The topological polar surface area (TPSA) is 80.9 Å². The second kappa shape index (κ2) is 7.27. The van der Waals surface area contributed by atoms with Gasteiger partial charge in [-0.05, 0) is 41.6 Å². The fourth-order valence-corrected chi connectivity index (χ4v) is 3.07. The number of hydrogen-bond donors (Lipinski definition) is 1. The van der Waals surface area contributed by atoms with Crippen molar-refractivity contribution < 1.29 is 9.90 Å². The van der Waals surface area contributed by atoms with Gasteiger partial charge in [0.1, 0.15) is 5.75 Å². The van der Waals surface area contributed by atoms with Gasteiger partial charge in [-0.3, -0.25) is 4.79 Å². The predicted octanol–water partition coefficient (Wildman–Crippen LogP) is 3.04. The zero-order valence-electron chi connectivity index (χ0n) is 13.1. The van der Waals surface area contributed by atoms with Crippen molar-refractivity contribution in [1.29, 1.82) is 0 Å². The summed E-state index contributed by atoms with van der Waals surface area (Å²) in [6, 6.07) is 14.6. The molecule has 0 aliphatic heterocycles. The lowest BCUT2D eigenvalue weighted by atomic mass is 10.1. The molecule has 0 unspecified atom stereocenters. The number of phenols is 1. The summed E-state index contributed by atoms with van der Waals surface area (Å²) in [7, 11) is 0. The molecule has 0 amide bonds. The summed E-state index contributed by atoms with van der Waals surface area (Å²) in [5.74, 6) is 0.450. The van der Waals surface area contributed by atoms with Crippen LogP contribution in [0.4, 0.5) is 0 Å². The van der Waals surface area contributed by atoms with Crippen LogP contribution in [0.3, 0.4) is 0 Å². The first-order valence-electron chi connectivity index (χ1n) is 7.44. The molecule has 3 rings (SSSR count). The molecule has 3 aromatic rings. The Morgan fingerprint density at radius 1 is 1.21 bits per heavy atom. The number of nitrogens with zero attached hydrogens (tertiary/aromatic N) is 4. The summed E-state index contributed by atoms with van der Waals surface area (Å²) in [6.07, 6.45) is 0.295. The number of aryl methyl sites for hydroxylation is 1. The summed E-state index contributed by atoms with van der Waals surface area (Å²) in [5, 5.41) is 22.1. The van der Waals surface area contributed by atoms with Crippen LogP contribution in [0.1, 0.15) is 22.3 Å². The number of benzene rings is 2. The number of rotatable bonds is 6. The van der Waals surface area contributed by atoms with Crippen molar-refractivity contribution in [3.8, 4) is 11.4 Å². The number of hydrogen-bond acceptors (Lipinski definition) is 6. The lowest BCUT2D eigenvalue weighted by Gasteiger charge is -2.06. The summed E-state index contributed by atoms with van der Waals surface area (Å²) < 4.78 is 1.64. The normalized spacial score (nSPS) is 10.7. The SMILES string of the molecule is Cc1ccc(O)c(C(=O)CCSc2nnnn2-c2ccccc2)c1. The van der Waals surface area contributed by atoms with E-state index in [4.69, 9.17) is 0 Å². The lowest BCUT2D eigenvalue weighted by molar-refractivity contribution is 0.0987. The number of para-hydroxylation sites is 1. The van der Waals surface area contributed by atoms with Crippen molar-refractivity contribution >= 4 is 17.5 Å². The highest BCUT2D eigenvalue weighted by molar-refractivity contribution is 7.99. The van der Waals surface area contributed by atoms with Crippen molar-refractivity contribution in [2.24, 2.45) is 0 Å². The Hall–Kier alpha value is -2.67. The van der Waals surface area contributed by atoms with Gasteiger partial charge >= 0.3 is 0 Å². The van der Waals surface area contributed by atoms with E-state index in [9.17, 15) is 9.90 Å². The van der Waals surface area contributed by atoms with Gasteiger partial charge in [0, 0.05) is 12.2 Å². The molecule has 6 nitrogen and oxygen atoms in total. The Labute approximate surface area is 143 Å². The van der Waals surface area contributed by atoms with Gasteiger partial charge < -0.3 is 5.11 Å². The third-order valence-corrected chi connectivity index (χ3v) is 4.38. The van der Waals surface area contributed by atoms with Gasteiger partial charge in [-0.2, -0.15) is 4.68 Å². The van der Waals surface area contributed by atoms with Crippen LogP contribution in [-0.2, 0) is 0 Å². The molecule has 0 radical (unpaired) electrons. The van der Waals surface area contributed by atoms with Gasteiger partial charge in [-0.25, -0.2) is 0 Å². The molecule has 1 heterocycles. The Bertz CT molecular complexity index is 849. The summed E-state index contributed by atoms with van der Waals surface area (Å²) >= 11 is 1.41. The van der Waals surface area contributed by atoms with Crippen LogP contribution in [0.2, 0.25) is 0 Å². The number of ketones is 1. The third-order valence-electron chi connectivity index (χ3n) is 3.45. The Balaban J connectivity index is 1.64. The molecule has 0 aliphatic carbocycles. The minimum absolute atomic E-state index is 0.0183. The van der Waals surface area contributed by atoms with Gasteiger partial charge in [-0.1, -0.05) is 41.6 Å². The molecule has 0 spiro atoms. The van der Waals surface area contributed by atoms with Crippen LogP contribution >= 0.6 is 11.8 Å².